The van der Waals surface area contributed by atoms with Gasteiger partial charge in [0.15, 0.2) is 0 Å². The van der Waals surface area contributed by atoms with E-state index in [9.17, 15) is 21.6 Å². The Hall–Kier alpha value is -2.10. The molecule has 0 bridgehead atoms. The predicted octanol–water partition coefficient (Wildman–Crippen LogP) is 3.17. The summed E-state index contributed by atoms with van der Waals surface area (Å²) >= 11 is 0. The molecule has 0 fully saturated rings. The Kier molecular flexibility index (Phi) is 6.27. The number of hydrogen-bond donors (Lipinski definition) is 1. The molecule has 2 aromatic rings. The molecule has 1 N–H and O–H groups in total. The number of ether oxygens (including phenoxy) is 1. The van der Waals surface area contributed by atoms with Crippen molar-refractivity contribution in [3.8, 4) is 5.75 Å². The first-order valence-corrected chi connectivity index (χ1v) is 9.13. The lowest BCUT2D eigenvalue weighted by molar-refractivity contribution is -0.274. The van der Waals surface area contributed by atoms with E-state index < -0.39 is 28.2 Å². The van der Waals surface area contributed by atoms with Crippen LogP contribution in [-0.2, 0) is 10.0 Å². The topological polar surface area (TPSA) is 58.6 Å². The summed E-state index contributed by atoms with van der Waals surface area (Å²) in [6.07, 6.45) is -4.90. The van der Waals surface area contributed by atoms with E-state index in [1.807, 2.05) is 11.0 Å². The van der Waals surface area contributed by atoms with Gasteiger partial charge in [0.25, 0.3) is 0 Å². The van der Waals surface area contributed by atoms with E-state index in [0.29, 0.717) is 6.54 Å². The van der Waals surface area contributed by atoms with Gasteiger partial charge in [0.1, 0.15) is 5.75 Å². The molecule has 0 aromatic heterocycles. The molecule has 0 saturated heterocycles. The average molecular weight is 388 g/mol. The molecular weight excluding hydrogens is 369 g/mol. The lowest BCUT2D eigenvalue weighted by atomic mass is 10.1. The highest BCUT2D eigenvalue weighted by molar-refractivity contribution is 7.89. The first kappa shape index (κ1) is 20.2. The van der Waals surface area contributed by atoms with Crippen LogP contribution in [0.1, 0.15) is 11.6 Å². The first-order chi connectivity index (χ1) is 12.1. The minimum Gasteiger partial charge on any atom is -0.406 e. The Morgan fingerprint density at radius 2 is 1.73 bits per heavy atom. The molecule has 0 saturated carbocycles. The van der Waals surface area contributed by atoms with Gasteiger partial charge in [-0.3, -0.25) is 0 Å². The van der Waals surface area contributed by atoms with E-state index in [1.54, 1.807) is 38.4 Å². The van der Waals surface area contributed by atoms with E-state index in [0.717, 1.165) is 17.7 Å². The van der Waals surface area contributed by atoms with Crippen molar-refractivity contribution in [2.24, 2.45) is 0 Å². The molecule has 0 heterocycles. The van der Waals surface area contributed by atoms with Crippen LogP contribution in [0.2, 0.25) is 0 Å². The summed E-state index contributed by atoms with van der Waals surface area (Å²) in [5.74, 6) is -0.593. The lowest BCUT2D eigenvalue weighted by Gasteiger charge is -2.23. The zero-order chi connectivity index (χ0) is 19.4. The van der Waals surface area contributed by atoms with E-state index >= 15 is 0 Å². The Morgan fingerprint density at radius 1 is 1.08 bits per heavy atom. The monoisotopic (exact) mass is 388 g/mol. The number of nitrogens with zero attached hydrogens (tertiary/aromatic N) is 1. The fraction of sp³-hybridized carbons (Fsp3) is 0.294. The second-order valence-corrected chi connectivity index (χ2v) is 7.58. The van der Waals surface area contributed by atoms with Crippen LogP contribution >= 0.6 is 0 Å². The van der Waals surface area contributed by atoms with Crippen molar-refractivity contribution in [3.05, 3.63) is 60.2 Å². The van der Waals surface area contributed by atoms with Gasteiger partial charge in [-0.25, -0.2) is 13.1 Å². The average Bonchev–Trinajstić information content (AvgIpc) is 2.53. The SMILES string of the molecule is CN(C)C[C@@H](NS(=O)(=O)c1cccc(OC(F)(F)F)c1)c1ccccc1. The van der Waals surface area contributed by atoms with Gasteiger partial charge in [-0.05, 0) is 31.8 Å². The van der Waals surface area contributed by atoms with Gasteiger partial charge >= 0.3 is 6.36 Å². The van der Waals surface area contributed by atoms with Crippen LogP contribution < -0.4 is 9.46 Å². The van der Waals surface area contributed by atoms with Crippen molar-refractivity contribution in [3.63, 3.8) is 0 Å². The van der Waals surface area contributed by atoms with Crippen molar-refractivity contribution in [1.29, 1.82) is 0 Å². The number of alkyl halides is 3. The highest BCUT2D eigenvalue weighted by atomic mass is 32.2. The molecule has 1 atom stereocenters. The van der Waals surface area contributed by atoms with Crippen LogP contribution in [0.5, 0.6) is 5.75 Å². The maximum atomic E-state index is 12.6. The minimum atomic E-state index is -4.90. The van der Waals surface area contributed by atoms with E-state index in [1.165, 1.54) is 12.1 Å². The molecule has 0 amide bonds. The molecule has 2 aromatic carbocycles. The summed E-state index contributed by atoms with van der Waals surface area (Å²) in [4.78, 5) is 1.50. The number of nitrogens with one attached hydrogen (secondary N) is 1. The fourth-order valence-electron chi connectivity index (χ4n) is 2.36. The van der Waals surface area contributed by atoms with Gasteiger partial charge in [-0.1, -0.05) is 36.4 Å². The third-order valence-electron chi connectivity index (χ3n) is 3.40. The van der Waals surface area contributed by atoms with E-state index in [4.69, 9.17) is 0 Å². The maximum Gasteiger partial charge on any atom is 0.573 e. The molecular formula is C17H19F3N2O3S. The van der Waals surface area contributed by atoms with Crippen LogP contribution in [0.3, 0.4) is 0 Å². The van der Waals surface area contributed by atoms with Crippen LogP contribution in [-0.4, -0.2) is 40.3 Å². The van der Waals surface area contributed by atoms with Gasteiger partial charge in [-0.2, -0.15) is 0 Å². The summed E-state index contributed by atoms with van der Waals surface area (Å²) in [7, 11) is -0.468. The lowest BCUT2D eigenvalue weighted by Crippen LogP contribution is -2.35. The summed E-state index contributed by atoms with van der Waals surface area (Å²) in [6.45, 7) is 0.377. The third-order valence-corrected chi connectivity index (χ3v) is 4.87. The highest BCUT2D eigenvalue weighted by Crippen LogP contribution is 2.26. The van der Waals surface area contributed by atoms with Crippen LogP contribution in [0.4, 0.5) is 13.2 Å². The van der Waals surface area contributed by atoms with Crippen LogP contribution in [0, 0.1) is 0 Å². The maximum absolute atomic E-state index is 12.6. The second kappa shape index (κ2) is 8.07. The molecule has 142 valence electrons. The Morgan fingerprint density at radius 3 is 2.31 bits per heavy atom. The quantitative estimate of drug-likeness (QED) is 0.792. The second-order valence-electron chi connectivity index (χ2n) is 5.87. The number of halogens is 3. The largest absolute Gasteiger partial charge is 0.573 e. The van der Waals surface area contributed by atoms with Crippen molar-refractivity contribution in [1.82, 2.24) is 9.62 Å². The standard InChI is InChI=1S/C17H19F3N2O3S/c1-22(2)12-16(13-7-4-3-5-8-13)21-26(23,24)15-10-6-9-14(11-15)25-17(18,19)20/h3-11,16,21H,12H2,1-2H3/t16-/m1/s1. The Labute approximate surface area is 150 Å². The number of hydrogen-bond acceptors (Lipinski definition) is 4. The summed E-state index contributed by atoms with van der Waals surface area (Å²) < 4.78 is 68.7. The van der Waals surface area contributed by atoms with Crippen molar-refractivity contribution >= 4 is 10.0 Å². The summed E-state index contributed by atoms with van der Waals surface area (Å²) in [5, 5.41) is 0. The molecule has 0 aliphatic rings. The highest BCUT2D eigenvalue weighted by Gasteiger charge is 2.31. The number of rotatable bonds is 7. The van der Waals surface area contributed by atoms with Crippen molar-refractivity contribution in [2.75, 3.05) is 20.6 Å². The Balaban J connectivity index is 2.29. The van der Waals surface area contributed by atoms with Gasteiger partial charge in [0.05, 0.1) is 10.9 Å². The van der Waals surface area contributed by atoms with Crippen LogP contribution in [0.25, 0.3) is 0 Å². The minimum absolute atomic E-state index is 0.307. The van der Waals surface area contributed by atoms with Crippen LogP contribution in [0.15, 0.2) is 59.5 Å². The third kappa shape index (κ3) is 6.01. The molecule has 0 radical (unpaired) electrons. The van der Waals surface area contributed by atoms with Crippen molar-refractivity contribution in [2.45, 2.75) is 17.3 Å². The van der Waals surface area contributed by atoms with E-state index in [2.05, 4.69) is 9.46 Å². The Bertz CT molecular complexity index is 825. The summed E-state index contributed by atoms with van der Waals surface area (Å²) in [5.41, 5.74) is 0.743. The number of benzene rings is 2. The smallest absolute Gasteiger partial charge is 0.406 e. The number of likely N-dealkylation sites (N-methyl/N-ethyl adjacent to an activating group) is 1. The van der Waals surface area contributed by atoms with Gasteiger partial charge in [0, 0.05) is 12.6 Å². The predicted molar refractivity (Wildman–Crippen MR) is 91.2 cm³/mol. The molecule has 0 aliphatic heterocycles. The van der Waals surface area contributed by atoms with E-state index in [-0.39, 0.29) is 4.90 Å². The zero-order valence-corrected chi connectivity index (χ0v) is 15.0. The van der Waals surface area contributed by atoms with Crippen molar-refractivity contribution < 1.29 is 26.3 Å². The fourth-order valence-corrected chi connectivity index (χ4v) is 3.61. The molecule has 26 heavy (non-hydrogen) atoms. The van der Waals surface area contributed by atoms with Gasteiger partial charge in [-0.15, -0.1) is 13.2 Å². The molecule has 0 aliphatic carbocycles. The van der Waals surface area contributed by atoms with Gasteiger partial charge < -0.3 is 9.64 Å². The molecule has 0 spiro atoms. The molecule has 5 nitrogen and oxygen atoms in total. The number of sulfonamides is 1. The molecule has 9 heteroatoms. The van der Waals surface area contributed by atoms with Gasteiger partial charge in [0.2, 0.25) is 10.0 Å². The molecule has 2 rings (SSSR count). The summed E-state index contributed by atoms with van der Waals surface area (Å²) in [6, 6.07) is 12.6. The molecule has 0 unspecified atom stereocenters. The first-order valence-electron chi connectivity index (χ1n) is 7.65. The zero-order valence-electron chi connectivity index (χ0n) is 14.2. The normalized spacial score (nSPS) is 13.6.